The summed E-state index contributed by atoms with van der Waals surface area (Å²) in [6.45, 7) is 0. The van der Waals surface area contributed by atoms with Gasteiger partial charge in [0.25, 0.3) is 0 Å². The summed E-state index contributed by atoms with van der Waals surface area (Å²) in [5, 5.41) is 0. The fourth-order valence-corrected chi connectivity index (χ4v) is 4.38. The Morgan fingerprint density at radius 1 is 0.500 bits per heavy atom. The van der Waals surface area contributed by atoms with Gasteiger partial charge in [-0.15, -0.1) is 0 Å². The Bertz CT molecular complexity index is 1590. The molecule has 4 aromatic carbocycles. The number of ether oxygens (including phenoxy) is 1. The topological polar surface area (TPSA) is 20.5 Å². The van der Waals surface area contributed by atoms with E-state index in [9.17, 15) is 17.3 Å². The molecule has 2 heterocycles. The second kappa shape index (κ2) is 13.0. The van der Waals surface area contributed by atoms with Gasteiger partial charge in [-0.3, -0.25) is 0 Å². The van der Waals surface area contributed by atoms with Crippen LogP contribution in [-0.2, 0) is 4.74 Å². The fraction of sp³-hybridized carbons (Fsp3) is 0. The Labute approximate surface area is 241 Å². The van der Waals surface area contributed by atoms with Gasteiger partial charge in [0.2, 0.25) is 0 Å². The molecule has 5 aromatic rings. The highest BCUT2D eigenvalue weighted by Crippen LogP contribution is 2.34. The molecule has 1 aliphatic heterocycles. The number of allylic oxidation sites excluding steroid dienone is 3. The quantitative estimate of drug-likeness (QED) is 0.120. The summed E-state index contributed by atoms with van der Waals surface area (Å²) in [5.74, 6) is 3.28. The number of hydrogen-bond donors (Lipinski definition) is 0. The summed E-state index contributed by atoms with van der Waals surface area (Å²) in [7, 11) is -6.00. The van der Waals surface area contributed by atoms with E-state index in [-0.39, 0.29) is 0 Å². The number of benzene rings is 4. The summed E-state index contributed by atoms with van der Waals surface area (Å²) in [6.07, 6.45) is 6.37. The first-order chi connectivity index (χ1) is 20.3. The van der Waals surface area contributed by atoms with Gasteiger partial charge in [-0.1, -0.05) is 97.1 Å². The van der Waals surface area contributed by atoms with Gasteiger partial charge in [-0.25, -0.2) is 4.42 Å². The smallest absolute Gasteiger partial charge is 0.456 e. The minimum atomic E-state index is -6.00. The lowest BCUT2D eigenvalue weighted by Gasteiger charge is -2.19. The monoisotopic (exact) mass is 564 g/mol. The number of rotatable bonds is 5. The van der Waals surface area contributed by atoms with E-state index in [0.717, 1.165) is 56.4 Å². The Morgan fingerprint density at radius 3 is 1.19 bits per heavy atom. The molecule has 6 rings (SSSR count). The first-order valence-electron chi connectivity index (χ1n) is 13.2. The summed E-state index contributed by atoms with van der Waals surface area (Å²) in [5.41, 5.74) is 6.24. The molecule has 0 saturated heterocycles. The molecule has 0 saturated carbocycles. The van der Waals surface area contributed by atoms with Crippen molar-refractivity contribution >= 4 is 24.8 Å². The summed E-state index contributed by atoms with van der Waals surface area (Å²) >= 11 is 0. The van der Waals surface area contributed by atoms with E-state index >= 15 is 0 Å². The van der Waals surface area contributed by atoms with Crippen molar-refractivity contribution in [2.24, 2.45) is 0 Å². The van der Waals surface area contributed by atoms with Crippen LogP contribution in [0.4, 0.5) is 17.3 Å². The van der Waals surface area contributed by atoms with Crippen molar-refractivity contribution in [1.29, 1.82) is 0 Å². The lowest BCUT2D eigenvalue weighted by atomic mass is 10.0. The molecule has 2 nitrogen and oxygen atoms in total. The van der Waals surface area contributed by atoms with Crippen LogP contribution in [0, 0.1) is 0 Å². The molecule has 0 spiro atoms. The molecule has 0 amide bonds. The predicted molar refractivity (Wildman–Crippen MR) is 162 cm³/mol. The van der Waals surface area contributed by atoms with Crippen molar-refractivity contribution < 1.29 is 26.4 Å². The average Bonchev–Trinajstić information content (AvgIpc) is 3.02. The number of halogens is 4. The maximum atomic E-state index is 9.75. The van der Waals surface area contributed by atoms with E-state index in [4.69, 9.17) is 9.15 Å². The minimum absolute atomic E-state index is 0.820. The molecule has 0 N–H and O–H groups in total. The molecule has 7 heteroatoms. The van der Waals surface area contributed by atoms with E-state index in [1.54, 1.807) is 0 Å². The normalized spacial score (nSPS) is 12.7. The van der Waals surface area contributed by atoms with Crippen molar-refractivity contribution in [3.05, 3.63) is 168 Å². The zero-order valence-electron chi connectivity index (χ0n) is 22.3. The standard InChI is InChI=1S/C35H25O2.BF4/c1-5-13-28(14-6-1)32-22-26(23-33(36-32)29-15-7-2-8-16-29)21-27-24-34(30-17-9-3-10-18-30)37-35(25-27)31-19-11-4-12-20-31;2-1(3,4)5/h1-25H;/q+1;-1. The predicted octanol–water partition coefficient (Wildman–Crippen LogP) is 10.7. The highest BCUT2D eigenvalue weighted by atomic mass is 19.5. The maximum Gasteiger partial charge on any atom is 0.673 e. The highest BCUT2D eigenvalue weighted by molar-refractivity contribution is 6.50. The second-order valence-electron chi connectivity index (χ2n) is 9.34. The third kappa shape index (κ3) is 7.95. The first-order valence-corrected chi connectivity index (χ1v) is 13.2. The zero-order valence-corrected chi connectivity index (χ0v) is 22.3. The van der Waals surface area contributed by atoms with Crippen LogP contribution in [0.1, 0.15) is 16.7 Å². The Balaban J connectivity index is 0.000000652. The van der Waals surface area contributed by atoms with Gasteiger partial charge in [0, 0.05) is 11.1 Å². The molecule has 0 bridgehead atoms. The van der Waals surface area contributed by atoms with Crippen LogP contribution in [0.15, 0.2) is 156 Å². The first kappa shape index (κ1) is 28.4. The average molecular weight is 564 g/mol. The molecule has 0 fully saturated rings. The molecule has 0 radical (unpaired) electrons. The van der Waals surface area contributed by atoms with E-state index in [1.165, 1.54) is 0 Å². The molecule has 1 aliphatic rings. The summed E-state index contributed by atoms with van der Waals surface area (Å²) < 4.78 is 51.8. The molecule has 0 aliphatic carbocycles. The van der Waals surface area contributed by atoms with E-state index in [0.29, 0.717) is 0 Å². The van der Waals surface area contributed by atoms with Crippen molar-refractivity contribution in [1.82, 2.24) is 0 Å². The Kier molecular flexibility index (Phi) is 8.78. The summed E-state index contributed by atoms with van der Waals surface area (Å²) in [6, 6.07) is 45.0. The van der Waals surface area contributed by atoms with E-state index in [2.05, 4.69) is 78.9 Å². The third-order valence-corrected chi connectivity index (χ3v) is 6.20. The minimum Gasteiger partial charge on any atom is -0.456 e. The van der Waals surface area contributed by atoms with Crippen LogP contribution in [-0.4, -0.2) is 7.25 Å². The lowest BCUT2D eigenvalue weighted by molar-refractivity contribution is 0.368. The summed E-state index contributed by atoms with van der Waals surface area (Å²) in [4.78, 5) is 0. The van der Waals surface area contributed by atoms with Gasteiger partial charge in [0.15, 0.2) is 0 Å². The molecular weight excluding hydrogens is 539 g/mol. The van der Waals surface area contributed by atoms with Gasteiger partial charge >= 0.3 is 18.8 Å². The van der Waals surface area contributed by atoms with Crippen LogP contribution >= 0.6 is 0 Å². The maximum absolute atomic E-state index is 9.75. The van der Waals surface area contributed by atoms with Gasteiger partial charge in [-0.05, 0) is 53.6 Å². The van der Waals surface area contributed by atoms with Crippen LogP contribution in [0.2, 0.25) is 0 Å². The van der Waals surface area contributed by atoms with E-state index < -0.39 is 7.25 Å². The van der Waals surface area contributed by atoms with Crippen LogP contribution in [0.25, 0.3) is 40.2 Å². The highest BCUT2D eigenvalue weighted by Gasteiger charge is 2.21. The molecule has 42 heavy (non-hydrogen) atoms. The van der Waals surface area contributed by atoms with Gasteiger partial charge in [-0.2, -0.15) is 0 Å². The fourth-order valence-electron chi connectivity index (χ4n) is 4.38. The second-order valence-corrected chi connectivity index (χ2v) is 9.34. The molecule has 0 atom stereocenters. The van der Waals surface area contributed by atoms with Crippen molar-refractivity contribution in [2.45, 2.75) is 0 Å². The zero-order chi connectivity index (χ0) is 29.4. The Hall–Kier alpha value is -5.17. The van der Waals surface area contributed by atoms with Gasteiger partial charge in [0.05, 0.1) is 23.3 Å². The van der Waals surface area contributed by atoms with Crippen LogP contribution < -0.4 is 0 Å². The van der Waals surface area contributed by atoms with Crippen LogP contribution in [0.3, 0.4) is 0 Å². The largest absolute Gasteiger partial charge is 0.673 e. The third-order valence-electron chi connectivity index (χ3n) is 6.20. The van der Waals surface area contributed by atoms with E-state index in [1.807, 2.05) is 72.8 Å². The molecule has 1 aromatic heterocycles. The van der Waals surface area contributed by atoms with Gasteiger partial charge < -0.3 is 22.0 Å². The lowest BCUT2D eigenvalue weighted by Crippen LogP contribution is -2.02. The van der Waals surface area contributed by atoms with Crippen molar-refractivity contribution in [2.75, 3.05) is 0 Å². The van der Waals surface area contributed by atoms with Gasteiger partial charge in [0.1, 0.15) is 11.5 Å². The van der Waals surface area contributed by atoms with Crippen LogP contribution in [0.5, 0.6) is 0 Å². The molecule has 208 valence electrons. The molecular formula is C35H25BF4O2. The number of hydrogen-bond acceptors (Lipinski definition) is 1. The SMILES string of the molecule is C(=C1C=C(c2ccccc2)OC(c2ccccc2)=C1)c1cc(-c2ccccc2)[o+]c(-c2ccccc2)c1.F[B-](F)(F)F. The molecule has 0 unspecified atom stereocenters. The van der Waals surface area contributed by atoms with Crippen molar-refractivity contribution in [3.8, 4) is 22.6 Å². The van der Waals surface area contributed by atoms with Crippen molar-refractivity contribution in [3.63, 3.8) is 0 Å². The Morgan fingerprint density at radius 2 is 0.833 bits per heavy atom.